The number of aryl methyl sites for hydroxylation is 1. The summed E-state index contributed by atoms with van der Waals surface area (Å²) in [5, 5.41) is 8.84. The fourth-order valence-electron chi connectivity index (χ4n) is 1.51. The summed E-state index contributed by atoms with van der Waals surface area (Å²) < 4.78 is 5.07. The molecule has 1 aromatic carbocycles. The van der Waals surface area contributed by atoms with E-state index in [4.69, 9.17) is 4.74 Å². The lowest BCUT2D eigenvalue weighted by molar-refractivity contribution is -0.116. The normalized spacial score (nSPS) is 10.1. The molecule has 0 unspecified atom stereocenters. The Balaban J connectivity index is 1.81. The number of ether oxygens (including phenoxy) is 1. The van der Waals surface area contributed by atoms with Crippen LogP contribution in [0.15, 0.2) is 30.6 Å². The minimum atomic E-state index is -0.0948. The molecule has 0 saturated heterocycles. The first-order chi connectivity index (χ1) is 8.78. The number of amides is 1. The minimum Gasteiger partial charge on any atom is -0.497 e. The first-order valence-corrected chi connectivity index (χ1v) is 5.56. The van der Waals surface area contributed by atoms with E-state index in [1.807, 2.05) is 24.3 Å². The first kappa shape index (κ1) is 12.1. The average Bonchev–Trinajstić information content (AvgIpc) is 2.90. The zero-order valence-electron chi connectivity index (χ0n) is 10.0. The maximum atomic E-state index is 11.6. The summed E-state index contributed by atoms with van der Waals surface area (Å²) in [5.74, 6) is 1.09. The predicted molar refractivity (Wildman–Crippen MR) is 66.3 cm³/mol. The molecular formula is C12H14N4O2. The Morgan fingerprint density at radius 3 is 2.78 bits per heavy atom. The molecule has 1 amide bonds. The zero-order chi connectivity index (χ0) is 12.8. The van der Waals surface area contributed by atoms with Crippen LogP contribution >= 0.6 is 0 Å². The standard InChI is InChI=1S/C12H14N4O2/c1-18-10-5-2-9(3-6-10)4-7-11(17)15-12-13-8-14-16-12/h2-3,5-6,8H,4,7H2,1H3,(H2,13,14,15,16,17). The zero-order valence-corrected chi connectivity index (χ0v) is 10.0. The molecule has 2 rings (SSSR count). The predicted octanol–water partition coefficient (Wildman–Crippen LogP) is 1.38. The second-order valence-corrected chi connectivity index (χ2v) is 3.73. The molecule has 0 aliphatic carbocycles. The van der Waals surface area contributed by atoms with Gasteiger partial charge in [-0.2, -0.15) is 10.1 Å². The summed E-state index contributed by atoms with van der Waals surface area (Å²) in [5.41, 5.74) is 1.09. The highest BCUT2D eigenvalue weighted by Crippen LogP contribution is 2.12. The summed E-state index contributed by atoms with van der Waals surface area (Å²) in [7, 11) is 1.62. The van der Waals surface area contributed by atoms with Crippen molar-refractivity contribution in [3.8, 4) is 5.75 Å². The number of hydrogen-bond donors (Lipinski definition) is 2. The number of benzene rings is 1. The number of rotatable bonds is 5. The minimum absolute atomic E-state index is 0.0948. The van der Waals surface area contributed by atoms with Gasteiger partial charge in [0.05, 0.1) is 7.11 Å². The van der Waals surface area contributed by atoms with Gasteiger partial charge in [0.1, 0.15) is 12.1 Å². The molecule has 0 fully saturated rings. The van der Waals surface area contributed by atoms with Crippen LogP contribution in [0.3, 0.4) is 0 Å². The highest BCUT2D eigenvalue weighted by Gasteiger charge is 2.04. The molecule has 1 heterocycles. The number of nitrogens with one attached hydrogen (secondary N) is 2. The molecule has 18 heavy (non-hydrogen) atoms. The van der Waals surface area contributed by atoms with Crippen LogP contribution in [-0.2, 0) is 11.2 Å². The lowest BCUT2D eigenvalue weighted by atomic mass is 10.1. The third-order valence-electron chi connectivity index (χ3n) is 2.47. The number of aromatic amines is 1. The van der Waals surface area contributed by atoms with E-state index in [2.05, 4.69) is 20.5 Å². The fraction of sp³-hybridized carbons (Fsp3) is 0.250. The van der Waals surface area contributed by atoms with Crippen LogP contribution in [0.5, 0.6) is 5.75 Å². The molecule has 94 valence electrons. The second kappa shape index (κ2) is 5.81. The molecule has 0 spiro atoms. The van der Waals surface area contributed by atoms with Gasteiger partial charge < -0.3 is 4.74 Å². The summed E-state index contributed by atoms with van der Waals surface area (Å²) in [6.45, 7) is 0. The van der Waals surface area contributed by atoms with Crippen LogP contribution in [0, 0.1) is 0 Å². The number of anilines is 1. The monoisotopic (exact) mass is 246 g/mol. The molecule has 6 nitrogen and oxygen atoms in total. The van der Waals surface area contributed by atoms with Gasteiger partial charge in [-0.3, -0.25) is 10.1 Å². The highest BCUT2D eigenvalue weighted by molar-refractivity contribution is 5.88. The third kappa shape index (κ3) is 3.31. The van der Waals surface area contributed by atoms with Gasteiger partial charge in [-0.25, -0.2) is 5.10 Å². The second-order valence-electron chi connectivity index (χ2n) is 3.73. The van der Waals surface area contributed by atoms with Gasteiger partial charge in [0.2, 0.25) is 11.9 Å². The Kier molecular flexibility index (Phi) is 3.90. The Bertz CT molecular complexity index is 493. The van der Waals surface area contributed by atoms with Gasteiger partial charge in [-0.15, -0.1) is 0 Å². The van der Waals surface area contributed by atoms with E-state index in [-0.39, 0.29) is 5.91 Å². The molecule has 0 radical (unpaired) electrons. The van der Waals surface area contributed by atoms with Crippen molar-refractivity contribution in [1.82, 2.24) is 15.2 Å². The molecule has 0 aliphatic heterocycles. The maximum absolute atomic E-state index is 11.6. The summed E-state index contributed by atoms with van der Waals surface area (Å²) in [6.07, 6.45) is 2.41. The smallest absolute Gasteiger partial charge is 0.227 e. The quantitative estimate of drug-likeness (QED) is 0.835. The molecule has 0 atom stereocenters. The van der Waals surface area contributed by atoms with Crippen molar-refractivity contribution in [3.05, 3.63) is 36.2 Å². The molecule has 2 aromatic rings. The van der Waals surface area contributed by atoms with Gasteiger partial charge in [-0.05, 0) is 24.1 Å². The third-order valence-corrected chi connectivity index (χ3v) is 2.47. The van der Waals surface area contributed by atoms with Crippen LogP contribution in [-0.4, -0.2) is 28.2 Å². The van der Waals surface area contributed by atoms with Crippen LogP contribution in [0.25, 0.3) is 0 Å². The number of methoxy groups -OCH3 is 1. The van der Waals surface area contributed by atoms with Gasteiger partial charge in [0, 0.05) is 6.42 Å². The topological polar surface area (TPSA) is 79.9 Å². The summed E-state index contributed by atoms with van der Waals surface area (Å²) >= 11 is 0. The van der Waals surface area contributed by atoms with E-state index in [9.17, 15) is 4.79 Å². The van der Waals surface area contributed by atoms with Crippen molar-refractivity contribution in [2.24, 2.45) is 0 Å². The number of aromatic nitrogens is 3. The lowest BCUT2D eigenvalue weighted by Gasteiger charge is -2.03. The van der Waals surface area contributed by atoms with E-state index in [1.54, 1.807) is 7.11 Å². The van der Waals surface area contributed by atoms with Gasteiger partial charge in [-0.1, -0.05) is 12.1 Å². The summed E-state index contributed by atoms with van der Waals surface area (Å²) in [6, 6.07) is 7.65. The number of nitrogens with zero attached hydrogens (tertiary/aromatic N) is 2. The van der Waals surface area contributed by atoms with Crippen LogP contribution < -0.4 is 10.1 Å². The SMILES string of the molecule is COc1ccc(CCC(=O)Nc2ncn[nH]2)cc1. The van der Waals surface area contributed by atoms with E-state index in [1.165, 1.54) is 6.33 Å². The van der Waals surface area contributed by atoms with E-state index >= 15 is 0 Å². The van der Waals surface area contributed by atoms with E-state index in [0.29, 0.717) is 18.8 Å². The van der Waals surface area contributed by atoms with Crippen LogP contribution in [0.1, 0.15) is 12.0 Å². The van der Waals surface area contributed by atoms with E-state index < -0.39 is 0 Å². The Morgan fingerprint density at radius 1 is 1.39 bits per heavy atom. The molecule has 0 aliphatic rings. The van der Waals surface area contributed by atoms with Crippen molar-refractivity contribution in [1.29, 1.82) is 0 Å². The molecule has 1 aromatic heterocycles. The van der Waals surface area contributed by atoms with Gasteiger partial charge in [0.25, 0.3) is 0 Å². The average molecular weight is 246 g/mol. The van der Waals surface area contributed by atoms with Crippen LogP contribution in [0.4, 0.5) is 5.95 Å². The highest BCUT2D eigenvalue weighted by atomic mass is 16.5. The number of carbonyl (C=O) groups is 1. The Morgan fingerprint density at radius 2 is 2.17 bits per heavy atom. The van der Waals surface area contributed by atoms with Crippen molar-refractivity contribution in [2.75, 3.05) is 12.4 Å². The molecule has 2 N–H and O–H groups in total. The molecule has 0 saturated carbocycles. The van der Waals surface area contributed by atoms with E-state index in [0.717, 1.165) is 11.3 Å². The van der Waals surface area contributed by atoms with Gasteiger partial charge >= 0.3 is 0 Å². The van der Waals surface area contributed by atoms with Crippen LogP contribution in [0.2, 0.25) is 0 Å². The Labute approximate surface area is 104 Å². The molecular weight excluding hydrogens is 232 g/mol. The largest absolute Gasteiger partial charge is 0.497 e. The lowest BCUT2D eigenvalue weighted by Crippen LogP contribution is -2.13. The number of carbonyl (C=O) groups excluding carboxylic acids is 1. The van der Waals surface area contributed by atoms with Crippen molar-refractivity contribution in [2.45, 2.75) is 12.8 Å². The van der Waals surface area contributed by atoms with Crippen molar-refractivity contribution >= 4 is 11.9 Å². The first-order valence-electron chi connectivity index (χ1n) is 5.56. The molecule has 6 heteroatoms. The van der Waals surface area contributed by atoms with Crippen molar-refractivity contribution in [3.63, 3.8) is 0 Å². The van der Waals surface area contributed by atoms with Gasteiger partial charge in [0.15, 0.2) is 0 Å². The fourth-order valence-corrected chi connectivity index (χ4v) is 1.51. The number of hydrogen-bond acceptors (Lipinski definition) is 4. The maximum Gasteiger partial charge on any atom is 0.227 e. The molecule has 0 bridgehead atoms. The summed E-state index contributed by atoms with van der Waals surface area (Å²) in [4.78, 5) is 15.4. The Hall–Kier alpha value is -2.37. The number of H-pyrrole nitrogens is 1. The van der Waals surface area contributed by atoms with Crippen molar-refractivity contribution < 1.29 is 9.53 Å².